The molecule has 0 heterocycles. The van der Waals surface area contributed by atoms with E-state index in [0.717, 1.165) is 22.3 Å². The zero-order valence-corrected chi connectivity index (χ0v) is 13.8. The van der Waals surface area contributed by atoms with Gasteiger partial charge in [-0.3, -0.25) is 0 Å². The average molecular weight is 322 g/mol. The van der Waals surface area contributed by atoms with Gasteiger partial charge in [-0.05, 0) is 36.1 Å². The smallest absolute Gasteiger partial charge is 0.337 e. The summed E-state index contributed by atoms with van der Waals surface area (Å²) in [5.41, 5.74) is 4.46. The van der Waals surface area contributed by atoms with E-state index in [1.54, 1.807) is 6.92 Å². The summed E-state index contributed by atoms with van der Waals surface area (Å²) in [5, 5.41) is 19.3. The molecule has 0 aliphatic heterocycles. The maximum atomic E-state index is 11.9. The van der Waals surface area contributed by atoms with Gasteiger partial charge < -0.3 is 10.2 Å². The zero-order chi connectivity index (χ0) is 17.6. The Morgan fingerprint density at radius 2 is 1.54 bits per heavy atom. The van der Waals surface area contributed by atoms with Crippen molar-refractivity contribution in [3.8, 4) is 0 Å². The minimum Gasteiger partial charge on any atom is -0.478 e. The first kappa shape index (κ1) is 16.0. The predicted octanol–water partition coefficient (Wildman–Crippen LogP) is 4.33. The molecule has 0 saturated heterocycles. The van der Waals surface area contributed by atoms with Crippen molar-refractivity contribution in [3.05, 3.63) is 75.4 Å². The van der Waals surface area contributed by atoms with Crippen LogP contribution >= 0.6 is 0 Å². The molecule has 0 amide bonds. The fourth-order valence-corrected chi connectivity index (χ4v) is 3.57. The first-order valence-corrected chi connectivity index (χ1v) is 7.75. The third kappa shape index (κ3) is 2.22. The summed E-state index contributed by atoms with van der Waals surface area (Å²) in [4.78, 5) is 23.6. The second-order valence-corrected chi connectivity index (χ2v) is 6.16. The van der Waals surface area contributed by atoms with E-state index < -0.39 is 11.9 Å². The van der Waals surface area contributed by atoms with E-state index in [1.807, 2.05) is 50.2 Å². The molecular weight excluding hydrogens is 304 g/mol. The molecule has 1 aliphatic carbocycles. The number of allylic oxidation sites excluding steroid dienone is 1. The van der Waals surface area contributed by atoms with Crippen molar-refractivity contribution in [1.82, 2.24) is 0 Å². The van der Waals surface area contributed by atoms with Crippen LogP contribution in [0, 0.1) is 6.92 Å². The summed E-state index contributed by atoms with van der Waals surface area (Å²) in [6, 6.07) is 11.3. The van der Waals surface area contributed by atoms with Gasteiger partial charge in [-0.15, -0.1) is 0 Å². The lowest BCUT2D eigenvalue weighted by Gasteiger charge is -2.15. The lowest BCUT2D eigenvalue weighted by Crippen LogP contribution is -2.14. The molecule has 3 rings (SSSR count). The fraction of sp³-hybridized carbons (Fsp3) is 0.200. The highest BCUT2D eigenvalue weighted by Gasteiger charge is 2.34. The molecule has 4 heteroatoms. The first-order chi connectivity index (χ1) is 11.3. The van der Waals surface area contributed by atoms with Gasteiger partial charge in [-0.1, -0.05) is 48.9 Å². The molecular formula is C20H18O4. The second-order valence-electron chi connectivity index (χ2n) is 6.16. The van der Waals surface area contributed by atoms with Gasteiger partial charge in [0.05, 0.1) is 11.1 Å². The van der Waals surface area contributed by atoms with E-state index in [1.165, 1.54) is 0 Å². The van der Waals surface area contributed by atoms with Crippen LogP contribution in [0.2, 0.25) is 0 Å². The lowest BCUT2D eigenvalue weighted by atomic mass is 9.87. The number of aryl methyl sites for hydroxylation is 1. The Morgan fingerprint density at radius 1 is 0.958 bits per heavy atom. The first-order valence-electron chi connectivity index (χ1n) is 7.75. The molecule has 24 heavy (non-hydrogen) atoms. The molecule has 2 N–H and O–H groups in total. The highest BCUT2D eigenvalue weighted by molar-refractivity contribution is 6.09. The molecule has 2 aromatic carbocycles. The highest BCUT2D eigenvalue weighted by Crippen LogP contribution is 2.47. The lowest BCUT2D eigenvalue weighted by molar-refractivity contribution is 0.0650. The molecule has 4 nitrogen and oxygen atoms in total. The molecule has 0 fully saturated rings. The van der Waals surface area contributed by atoms with Crippen molar-refractivity contribution in [3.63, 3.8) is 0 Å². The molecule has 2 aromatic rings. The van der Waals surface area contributed by atoms with E-state index in [9.17, 15) is 19.8 Å². The van der Waals surface area contributed by atoms with E-state index >= 15 is 0 Å². The van der Waals surface area contributed by atoms with Crippen LogP contribution in [0.4, 0.5) is 0 Å². The summed E-state index contributed by atoms with van der Waals surface area (Å²) in [7, 11) is 0. The van der Waals surface area contributed by atoms with Crippen LogP contribution in [0.25, 0.3) is 5.57 Å². The Morgan fingerprint density at radius 3 is 2.08 bits per heavy atom. The van der Waals surface area contributed by atoms with Crippen molar-refractivity contribution in [2.24, 2.45) is 0 Å². The summed E-state index contributed by atoms with van der Waals surface area (Å²) >= 11 is 0. The summed E-state index contributed by atoms with van der Waals surface area (Å²) in [6.45, 7) is 5.66. The van der Waals surface area contributed by atoms with Crippen molar-refractivity contribution in [2.45, 2.75) is 26.7 Å². The number of carboxylic acids is 2. The number of carbonyl (C=O) groups is 2. The molecule has 0 bridgehead atoms. The average Bonchev–Trinajstić information content (AvgIpc) is 2.78. The Labute approximate surface area is 140 Å². The van der Waals surface area contributed by atoms with Gasteiger partial charge in [-0.2, -0.15) is 0 Å². The number of fused-ring (bicyclic) bond motifs is 1. The van der Waals surface area contributed by atoms with Crippen LogP contribution in [0.3, 0.4) is 0 Å². The largest absolute Gasteiger partial charge is 0.478 e. The maximum Gasteiger partial charge on any atom is 0.337 e. The van der Waals surface area contributed by atoms with E-state index in [2.05, 4.69) is 0 Å². The van der Waals surface area contributed by atoms with Crippen LogP contribution < -0.4 is 0 Å². The monoisotopic (exact) mass is 322 g/mol. The third-order valence-electron chi connectivity index (χ3n) is 4.81. The molecule has 122 valence electrons. The summed E-state index contributed by atoms with van der Waals surface area (Å²) in [6.07, 6.45) is 0. The van der Waals surface area contributed by atoms with Crippen molar-refractivity contribution in [2.75, 3.05) is 0 Å². The molecule has 0 saturated carbocycles. The molecule has 1 atom stereocenters. The third-order valence-corrected chi connectivity index (χ3v) is 4.81. The zero-order valence-electron chi connectivity index (χ0n) is 13.8. The Kier molecular flexibility index (Phi) is 3.76. The number of aromatic carboxylic acids is 2. The molecule has 1 aliphatic rings. The molecule has 0 radical (unpaired) electrons. The van der Waals surface area contributed by atoms with Crippen molar-refractivity contribution < 1.29 is 19.8 Å². The van der Waals surface area contributed by atoms with Gasteiger partial charge in [0.2, 0.25) is 0 Å². The Hall–Kier alpha value is -2.88. The van der Waals surface area contributed by atoms with Gasteiger partial charge >= 0.3 is 11.9 Å². The fourth-order valence-electron chi connectivity index (χ4n) is 3.57. The Balaban J connectivity index is 2.44. The normalized spacial score (nSPS) is 16.2. The van der Waals surface area contributed by atoms with Gasteiger partial charge in [0.25, 0.3) is 0 Å². The minimum absolute atomic E-state index is 0.0508. The van der Waals surface area contributed by atoms with Crippen LogP contribution in [-0.2, 0) is 0 Å². The van der Waals surface area contributed by atoms with Gasteiger partial charge in [0, 0.05) is 11.5 Å². The van der Waals surface area contributed by atoms with Crippen molar-refractivity contribution >= 4 is 17.5 Å². The van der Waals surface area contributed by atoms with Gasteiger partial charge in [-0.25, -0.2) is 9.59 Å². The molecule has 0 spiro atoms. The SMILES string of the molecule is CC1=C(c2ccccc2)c2c(cc(C)c(C(=O)O)c2C(=O)O)C1C. The minimum atomic E-state index is -1.21. The standard InChI is InChI=1S/C20H18O4/c1-10-9-14-11(2)12(3)16(13-7-5-4-6-8-13)17(14)18(20(23)24)15(10)19(21)22/h4-9,11H,1-3H3,(H,21,22)(H,23,24). The van der Waals surface area contributed by atoms with Crippen LogP contribution in [0.15, 0.2) is 42.0 Å². The number of rotatable bonds is 3. The van der Waals surface area contributed by atoms with E-state index in [-0.39, 0.29) is 17.0 Å². The second kappa shape index (κ2) is 5.64. The number of hydrogen-bond donors (Lipinski definition) is 2. The van der Waals surface area contributed by atoms with Crippen molar-refractivity contribution in [1.29, 1.82) is 0 Å². The summed E-state index contributed by atoms with van der Waals surface area (Å²) in [5.74, 6) is -2.37. The van der Waals surface area contributed by atoms with Crippen LogP contribution in [0.5, 0.6) is 0 Å². The maximum absolute atomic E-state index is 11.9. The molecule has 0 aromatic heterocycles. The van der Waals surface area contributed by atoms with E-state index in [4.69, 9.17) is 0 Å². The number of benzene rings is 2. The summed E-state index contributed by atoms with van der Waals surface area (Å²) < 4.78 is 0. The van der Waals surface area contributed by atoms with Gasteiger partial charge in [0.1, 0.15) is 0 Å². The predicted molar refractivity (Wildman–Crippen MR) is 91.7 cm³/mol. The van der Waals surface area contributed by atoms with Crippen LogP contribution in [-0.4, -0.2) is 22.2 Å². The number of hydrogen-bond acceptors (Lipinski definition) is 2. The highest BCUT2D eigenvalue weighted by atomic mass is 16.4. The van der Waals surface area contributed by atoms with Gasteiger partial charge in [0.15, 0.2) is 0 Å². The quantitative estimate of drug-likeness (QED) is 0.882. The number of carboxylic acid groups (broad SMARTS) is 2. The Bertz CT molecular complexity index is 892. The van der Waals surface area contributed by atoms with Crippen LogP contribution in [0.1, 0.15) is 62.7 Å². The molecule has 1 unspecified atom stereocenters. The topological polar surface area (TPSA) is 74.6 Å². The van der Waals surface area contributed by atoms with E-state index in [0.29, 0.717) is 11.1 Å².